The maximum atomic E-state index is 12.2. The van der Waals surface area contributed by atoms with Crippen molar-refractivity contribution in [3.05, 3.63) is 59.4 Å². The van der Waals surface area contributed by atoms with Crippen molar-refractivity contribution in [2.75, 3.05) is 13.1 Å². The molecule has 0 bridgehead atoms. The van der Waals surface area contributed by atoms with E-state index >= 15 is 0 Å². The van der Waals surface area contributed by atoms with Crippen LogP contribution in [0.1, 0.15) is 18.4 Å². The van der Waals surface area contributed by atoms with Gasteiger partial charge in [-0.05, 0) is 29.8 Å². The molecule has 0 unspecified atom stereocenters. The largest absolute Gasteiger partial charge is 0.489 e. The topological polar surface area (TPSA) is 54.5 Å². The highest BCUT2D eigenvalue weighted by molar-refractivity contribution is 6.32. The van der Waals surface area contributed by atoms with Crippen molar-refractivity contribution in [2.45, 2.75) is 25.5 Å². The van der Waals surface area contributed by atoms with Crippen molar-refractivity contribution in [2.24, 2.45) is 0 Å². The van der Waals surface area contributed by atoms with E-state index in [4.69, 9.17) is 16.3 Å². The van der Waals surface area contributed by atoms with E-state index < -0.39 is 0 Å². The van der Waals surface area contributed by atoms with E-state index in [2.05, 4.69) is 10.3 Å². The fraction of sp³-hybridized carbons (Fsp3) is 0.333. The molecule has 3 rings (SSSR count). The molecule has 0 saturated carbocycles. The zero-order valence-corrected chi connectivity index (χ0v) is 14.1. The first kappa shape index (κ1) is 16.6. The monoisotopic (exact) mass is 345 g/mol. The molecule has 24 heavy (non-hydrogen) atoms. The third-order valence-corrected chi connectivity index (χ3v) is 4.36. The van der Waals surface area contributed by atoms with Crippen molar-refractivity contribution in [1.82, 2.24) is 15.2 Å². The molecular formula is C18H20ClN3O2. The number of hydrogen-bond acceptors (Lipinski definition) is 3. The van der Waals surface area contributed by atoms with Gasteiger partial charge in [-0.3, -0.25) is 4.98 Å². The summed E-state index contributed by atoms with van der Waals surface area (Å²) in [5, 5.41) is 3.56. The molecule has 1 saturated heterocycles. The molecule has 1 N–H and O–H groups in total. The fourth-order valence-corrected chi connectivity index (χ4v) is 2.87. The second kappa shape index (κ2) is 8.02. The van der Waals surface area contributed by atoms with Gasteiger partial charge >= 0.3 is 6.03 Å². The first-order chi connectivity index (χ1) is 11.7. The molecule has 0 spiro atoms. The van der Waals surface area contributed by atoms with Crippen LogP contribution in [0.4, 0.5) is 4.79 Å². The number of para-hydroxylation sites is 1. The second-order valence-electron chi connectivity index (χ2n) is 5.75. The summed E-state index contributed by atoms with van der Waals surface area (Å²) in [6.07, 6.45) is 5.13. The molecule has 1 aliphatic heterocycles. The summed E-state index contributed by atoms with van der Waals surface area (Å²) >= 11 is 6.12. The number of aromatic nitrogens is 1. The molecule has 0 radical (unpaired) electrons. The van der Waals surface area contributed by atoms with E-state index in [1.807, 2.05) is 41.3 Å². The van der Waals surface area contributed by atoms with Gasteiger partial charge in [0.25, 0.3) is 0 Å². The zero-order chi connectivity index (χ0) is 16.8. The smallest absolute Gasteiger partial charge is 0.317 e. The Morgan fingerprint density at radius 1 is 1.21 bits per heavy atom. The van der Waals surface area contributed by atoms with Crippen LogP contribution in [0.15, 0.2) is 48.8 Å². The number of nitrogens with zero attached hydrogens (tertiary/aromatic N) is 2. The second-order valence-corrected chi connectivity index (χ2v) is 6.16. The minimum absolute atomic E-state index is 0.0389. The van der Waals surface area contributed by atoms with Gasteiger partial charge < -0.3 is 15.0 Å². The van der Waals surface area contributed by atoms with Crippen LogP contribution in [0.3, 0.4) is 0 Å². The number of carbonyl (C=O) groups is 1. The molecule has 2 amide bonds. The van der Waals surface area contributed by atoms with Crippen molar-refractivity contribution in [3.8, 4) is 5.75 Å². The van der Waals surface area contributed by atoms with Crippen LogP contribution in [0.5, 0.6) is 5.75 Å². The van der Waals surface area contributed by atoms with Gasteiger partial charge in [0.15, 0.2) is 0 Å². The lowest BCUT2D eigenvalue weighted by molar-refractivity contribution is 0.111. The quantitative estimate of drug-likeness (QED) is 0.922. The highest BCUT2D eigenvalue weighted by Gasteiger charge is 2.24. The van der Waals surface area contributed by atoms with E-state index in [0.29, 0.717) is 30.4 Å². The number of piperidine rings is 1. The highest BCUT2D eigenvalue weighted by Crippen LogP contribution is 2.26. The van der Waals surface area contributed by atoms with Crippen molar-refractivity contribution in [3.63, 3.8) is 0 Å². The normalized spacial score (nSPS) is 15.1. The number of pyridine rings is 1. The van der Waals surface area contributed by atoms with E-state index in [0.717, 1.165) is 18.4 Å². The molecule has 2 aromatic rings. The summed E-state index contributed by atoms with van der Waals surface area (Å²) in [6, 6.07) is 11.2. The Balaban J connectivity index is 1.44. The minimum Gasteiger partial charge on any atom is -0.489 e. The predicted octanol–water partition coefficient (Wildman–Crippen LogP) is 3.49. The SMILES string of the molecule is O=C(NCc1ccncc1)N1CCC(Oc2ccccc2Cl)CC1. The molecule has 2 heterocycles. The third kappa shape index (κ3) is 4.38. The minimum atomic E-state index is -0.0389. The summed E-state index contributed by atoms with van der Waals surface area (Å²) in [6.45, 7) is 1.87. The summed E-state index contributed by atoms with van der Waals surface area (Å²) < 4.78 is 5.95. The lowest BCUT2D eigenvalue weighted by Crippen LogP contribution is -2.46. The number of hydrogen-bond donors (Lipinski definition) is 1. The predicted molar refractivity (Wildman–Crippen MR) is 93.1 cm³/mol. The van der Waals surface area contributed by atoms with E-state index in [1.165, 1.54) is 0 Å². The van der Waals surface area contributed by atoms with Gasteiger partial charge in [-0.15, -0.1) is 0 Å². The Hall–Kier alpha value is -2.27. The number of halogens is 1. The van der Waals surface area contributed by atoms with Crippen LogP contribution in [0.25, 0.3) is 0 Å². The standard InChI is InChI=1S/C18H20ClN3O2/c19-16-3-1-2-4-17(16)24-15-7-11-22(12-8-15)18(23)21-13-14-5-9-20-10-6-14/h1-6,9-10,15H,7-8,11-13H2,(H,21,23). The van der Waals surface area contributed by atoms with E-state index in [9.17, 15) is 4.79 Å². The summed E-state index contributed by atoms with van der Waals surface area (Å²) in [5.74, 6) is 0.708. The number of likely N-dealkylation sites (tertiary alicyclic amines) is 1. The Morgan fingerprint density at radius 2 is 1.92 bits per heavy atom. The molecule has 6 heteroatoms. The van der Waals surface area contributed by atoms with Gasteiger partial charge in [0, 0.05) is 44.9 Å². The number of nitrogens with one attached hydrogen (secondary N) is 1. The number of carbonyl (C=O) groups excluding carboxylic acids is 1. The number of ether oxygens (including phenoxy) is 1. The van der Waals surface area contributed by atoms with Crippen LogP contribution >= 0.6 is 11.6 Å². The Kier molecular flexibility index (Phi) is 5.54. The van der Waals surface area contributed by atoms with Gasteiger partial charge in [-0.2, -0.15) is 0 Å². The zero-order valence-electron chi connectivity index (χ0n) is 13.3. The molecule has 1 aromatic carbocycles. The van der Waals surface area contributed by atoms with Gasteiger partial charge in [0.2, 0.25) is 0 Å². The number of urea groups is 1. The fourth-order valence-electron chi connectivity index (χ4n) is 2.69. The molecule has 1 aromatic heterocycles. The summed E-state index contributed by atoms with van der Waals surface area (Å²) in [4.78, 5) is 18.0. The van der Waals surface area contributed by atoms with Crippen LogP contribution in [0, 0.1) is 0 Å². The molecule has 0 aliphatic carbocycles. The Morgan fingerprint density at radius 3 is 2.62 bits per heavy atom. The maximum Gasteiger partial charge on any atom is 0.317 e. The lowest BCUT2D eigenvalue weighted by atomic mass is 10.1. The van der Waals surface area contributed by atoms with Crippen molar-refractivity contribution >= 4 is 17.6 Å². The maximum absolute atomic E-state index is 12.2. The van der Waals surface area contributed by atoms with Crippen molar-refractivity contribution < 1.29 is 9.53 Å². The van der Waals surface area contributed by atoms with Gasteiger partial charge in [-0.1, -0.05) is 23.7 Å². The van der Waals surface area contributed by atoms with Crippen LogP contribution in [-0.4, -0.2) is 35.1 Å². The molecule has 0 atom stereocenters. The van der Waals surface area contributed by atoms with Crippen LogP contribution < -0.4 is 10.1 Å². The van der Waals surface area contributed by atoms with Gasteiger partial charge in [0.1, 0.15) is 11.9 Å². The molecule has 5 nitrogen and oxygen atoms in total. The molecule has 1 aliphatic rings. The highest BCUT2D eigenvalue weighted by atomic mass is 35.5. The summed E-state index contributed by atoms with van der Waals surface area (Å²) in [5.41, 5.74) is 1.04. The van der Waals surface area contributed by atoms with Crippen molar-refractivity contribution in [1.29, 1.82) is 0 Å². The van der Waals surface area contributed by atoms with Gasteiger partial charge in [-0.25, -0.2) is 4.79 Å². The molecular weight excluding hydrogens is 326 g/mol. The number of benzene rings is 1. The average Bonchev–Trinajstić information content (AvgIpc) is 2.63. The summed E-state index contributed by atoms with van der Waals surface area (Å²) in [7, 11) is 0. The van der Waals surface area contributed by atoms with Crippen LogP contribution in [0.2, 0.25) is 5.02 Å². The molecule has 1 fully saturated rings. The lowest BCUT2D eigenvalue weighted by Gasteiger charge is -2.32. The van der Waals surface area contributed by atoms with E-state index in [1.54, 1.807) is 12.4 Å². The van der Waals surface area contributed by atoms with Crippen LogP contribution in [-0.2, 0) is 6.54 Å². The van der Waals surface area contributed by atoms with Gasteiger partial charge in [0.05, 0.1) is 5.02 Å². The third-order valence-electron chi connectivity index (χ3n) is 4.05. The first-order valence-electron chi connectivity index (χ1n) is 8.05. The number of amides is 2. The Bertz CT molecular complexity index is 673. The Labute approximate surface area is 146 Å². The van der Waals surface area contributed by atoms with E-state index in [-0.39, 0.29) is 12.1 Å². The average molecular weight is 346 g/mol. The first-order valence-corrected chi connectivity index (χ1v) is 8.43. The number of rotatable bonds is 4. The molecule has 126 valence electrons.